The van der Waals surface area contributed by atoms with E-state index in [1.54, 1.807) is 0 Å². The highest BCUT2D eigenvalue weighted by atomic mass is 79.9. The normalized spacial score (nSPS) is 17.8. The third-order valence-corrected chi connectivity index (χ3v) is 4.66. The predicted molar refractivity (Wildman–Crippen MR) is 71.7 cm³/mol. The maximum atomic E-state index is 11.3. The third-order valence-electron chi connectivity index (χ3n) is 2.74. The van der Waals surface area contributed by atoms with Crippen LogP contribution < -0.4 is 4.90 Å². The van der Waals surface area contributed by atoms with Crippen LogP contribution in [0, 0.1) is 6.92 Å². The van der Waals surface area contributed by atoms with Gasteiger partial charge in [-0.1, -0.05) is 22.0 Å². The lowest BCUT2D eigenvalue weighted by molar-refractivity contribution is 0.672. The van der Waals surface area contributed by atoms with Gasteiger partial charge in [0.1, 0.15) is 5.82 Å². The molecule has 0 radical (unpaired) electrons. The molecule has 3 nitrogen and oxygen atoms in total. The third kappa shape index (κ3) is 2.63. The second kappa shape index (κ2) is 5.27. The van der Waals surface area contributed by atoms with Gasteiger partial charge in [0.15, 0.2) is 0 Å². The van der Waals surface area contributed by atoms with Crippen molar-refractivity contribution in [2.24, 2.45) is 0 Å². The van der Waals surface area contributed by atoms with Crippen molar-refractivity contribution >= 4 is 32.5 Å². The van der Waals surface area contributed by atoms with Gasteiger partial charge in [-0.05, 0) is 18.1 Å². The quantitative estimate of drug-likeness (QED) is 0.782. The van der Waals surface area contributed by atoms with Crippen molar-refractivity contribution in [2.75, 3.05) is 29.5 Å². The largest absolute Gasteiger partial charge is 0.355 e. The molecular weight excluding hydrogens is 288 g/mol. The highest BCUT2D eigenvalue weighted by molar-refractivity contribution is 9.08. The molecule has 2 heterocycles. The van der Waals surface area contributed by atoms with Crippen LogP contribution in [-0.4, -0.2) is 33.8 Å². The van der Waals surface area contributed by atoms with Crippen molar-refractivity contribution in [1.82, 2.24) is 4.98 Å². The molecule has 5 heteroatoms. The minimum Gasteiger partial charge on any atom is -0.355 e. The van der Waals surface area contributed by atoms with Gasteiger partial charge >= 0.3 is 0 Å². The maximum Gasteiger partial charge on any atom is 0.131 e. The molecular formula is C11H15BrN2OS. The second-order valence-corrected chi connectivity index (χ2v) is 6.21. The molecule has 1 aliphatic rings. The van der Waals surface area contributed by atoms with Gasteiger partial charge in [0.25, 0.3) is 0 Å². The second-order valence-electron chi connectivity index (χ2n) is 3.95. The van der Waals surface area contributed by atoms with E-state index in [9.17, 15) is 4.21 Å². The molecule has 0 saturated carbocycles. The summed E-state index contributed by atoms with van der Waals surface area (Å²) in [5, 5.41) is 0.838. The first-order valence-electron chi connectivity index (χ1n) is 5.32. The number of alkyl halides is 1. The van der Waals surface area contributed by atoms with Crippen molar-refractivity contribution in [3.63, 3.8) is 0 Å². The van der Waals surface area contributed by atoms with Crippen LogP contribution in [0.4, 0.5) is 5.82 Å². The smallest absolute Gasteiger partial charge is 0.131 e. The molecule has 0 aliphatic carbocycles. The highest BCUT2D eigenvalue weighted by Crippen LogP contribution is 2.20. The minimum absolute atomic E-state index is 0.624. The van der Waals surface area contributed by atoms with Crippen molar-refractivity contribution < 1.29 is 4.21 Å². The lowest BCUT2D eigenvalue weighted by Gasteiger charge is -2.28. The van der Waals surface area contributed by atoms with E-state index in [1.807, 2.05) is 6.20 Å². The average molecular weight is 303 g/mol. The molecule has 1 saturated heterocycles. The molecule has 0 amide bonds. The summed E-state index contributed by atoms with van der Waals surface area (Å²) in [6, 6.07) is 2.16. The Morgan fingerprint density at radius 1 is 1.50 bits per heavy atom. The van der Waals surface area contributed by atoms with E-state index in [0.29, 0.717) is 0 Å². The number of anilines is 1. The van der Waals surface area contributed by atoms with Gasteiger partial charge in [0.2, 0.25) is 0 Å². The van der Waals surface area contributed by atoms with Gasteiger partial charge < -0.3 is 4.90 Å². The van der Waals surface area contributed by atoms with Crippen LogP contribution in [0.1, 0.15) is 11.1 Å². The molecule has 0 bridgehead atoms. The van der Waals surface area contributed by atoms with Gasteiger partial charge in [-0.25, -0.2) is 4.98 Å². The fourth-order valence-corrected chi connectivity index (χ4v) is 3.24. The summed E-state index contributed by atoms with van der Waals surface area (Å²) in [5.74, 6) is 2.57. The van der Waals surface area contributed by atoms with Crippen LogP contribution in [-0.2, 0) is 16.1 Å². The molecule has 1 fully saturated rings. The summed E-state index contributed by atoms with van der Waals surface area (Å²) >= 11 is 3.43. The Balaban J connectivity index is 2.17. The predicted octanol–water partition coefficient (Wildman–Crippen LogP) is 1.85. The number of nitrogens with zero attached hydrogens (tertiary/aromatic N) is 2. The zero-order valence-electron chi connectivity index (χ0n) is 9.28. The molecule has 0 spiro atoms. The Morgan fingerprint density at radius 2 is 2.19 bits per heavy atom. The van der Waals surface area contributed by atoms with E-state index in [0.717, 1.165) is 35.7 Å². The Labute approximate surface area is 107 Å². The lowest BCUT2D eigenvalue weighted by Crippen LogP contribution is -2.38. The molecule has 1 aromatic heterocycles. The molecule has 16 heavy (non-hydrogen) atoms. The van der Waals surface area contributed by atoms with Gasteiger partial charge in [-0.3, -0.25) is 4.21 Å². The first-order chi connectivity index (χ1) is 7.70. The van der Waals surface area contributed by atoms with E-state index in [2.05, 4.69) is 38.8 Å². The number of hydrogen-bond donors (Lipinski definition) is 0. The zero-order valence-corrected chi connectivity index (χ0v) is 11.7. The standard InChI is InChI=1S/C11H15BrN2OS/c1-9-6-10(7-12)8-13-11(9)14-2-4-16(15)5-3-14/h6,8H,2-5,7H2,1H3. The molecule has 1 aliphatic heterocycles. The van der Waals surface area contributed by atoms with Crippen LogP contribution >= 0.6 is 15.9 Å². The van der Waals surface area contributed by atoms with Crippen molar-refractivity contribution in [3.05, 3.63) is 23.4 Å². The number of rotatable bonds is 2. The SMILES string of the molecule is Cc1cc(CBr)cnc1N1CCS(=O)CC1. The van der Waals surface area contributed by atoms with Gasteiger partial charge in [0, 0.05) is 46.9 Å². The summed E-state index contributed by atoms with van der Waals surface area (Å²) in [6.07, 6.45) is 1.91. The summed E-state index contributed by atoms with van der Waals surface area (Å²) in [6.45, 7) is 3.79. The van der Waals surface area contributed by atoms with Crippen molar-refractivity contribution in [1.29, 1.82) is 0 Å². The zero-order chi connectivity index (χ0) is 11.5. The number of aryl methyl sites for hydroxylation is 1. The fraction of sp³-hybridized carbons (Fsp3) is 0.545. The van der Waals surface area contributed by atoms with Crippen molar-refractivity contribution in [3.8, 4) is 0 Å². The lowest BCUT2D eigenvalue weighted by atomic mass is 10.2. The molecule has 88 valence electrons. The Morgan fingerprint density at radius 3 is 2.75 bits per heavy atom. The van der Waals surface area contributed by atoms with Gasteiger partial charge in [-0.15, -0.1) is 0 Å². The molecule has 0 aromatic carbocycles. The fourth-order valence-electron chi connectivity index (χ4n) is 1.88. The van der Waals surface area contributed by atoms with Gasteiger partial charge in [0.05, 0.1) is 0 Å². The summed E-state index contributed by atoms with van der Waals surface area (Å²) < 4.78 is 11.3. The van der Waals surface area contributed by atoms with E-state index in [1.165, 1.54) is 11.1 Å². The van der Waals surface area contributed by atoms with Gasteiger partial charge in [-0.2, -0.15) is 0 Å². The maximum absolute atomic E-state index is 11.3. The monoisotopic (exact) mass is 302 g/mol. The first kappa shape index (κ1) is 12.0. The Kier molecular flexibility index (Phi) is 3.97. The molecule has 0 unspecified atom stereocenters. The molecule has 2 rings (SSSR count). The molecule has 0 N–H and O–H groups in total. The topological polar surface area (TPSA) is 33.2 Å². The van der Waals surface area contributed by atoms with E-state index in [4.69, 9.17) is 0 Å². The number of aromatic nitrogens is 1. The van der Waals surface area contributed by atoms with Crippen LogP contribution in [0.25, 0.3) is 0 Å². The van der Waals surface area contributed by atoms with E-state index >= 15 is 0 Å². The minimum atomic E-state index is -0.624. The number of halogens is 1. The Hall–Kier alpha value is -0.420. The highest BCUT2D eigenvalue weighted by Gasteiger charge is 2.17. The van der Waals surface area contributed by atoms with Crippen LogP contribution in [0.3, 0.4) is 0 Å². The molecule has 0 atom stereocenters. The van der Waals surface area contributed by atoms with Crippen LogP contribution in [0.15, 0.2) is 12.3 Å². The number of hydrogen-bond acceptors (Lipinski definition) is 3. The van der Waals surface area contributed by atoms with E-state index in [-0.39, 0.29) is 0 Å². The van der Waals surface area contributed by atoms with Crippen molar-refractivity contribution in [2.45, 2.75) is 12.3 Å². The number of pyridine rings is 1. The van der Waals surface area contributed by atoms with Crippen LogP contribution in [0.2, 0.25) is 0 Å². The molecule has 1 aromatic rings. The summed E-state index contributed by atoms with van der Waals surface area (Å²) in [4.78, 5) is 6.73. The summed E-state index contributed by atoms with van der Waals surface area (Å²) in [5.41, 5.74) is 2.39. The Bertz CT molecular complexity index is 401. The van der Waals surface area contributed by atoms with E-state index < -0.39 is 10.8 Å². The first-order valence-corrected chi connectivity index (χ1v) is 7.93. The van der Waals surface area contributed by atoms with Crippen LogP contribution in [0.5, 0.6) is 0 Å². The summed E-state index contributed by atoms with van der Waals surface area (Å²) in [7, 11) is -0.624. The average Bonchev–Trinajstić information content (AvgIpc) is 2.30.